The molecule has 0 atom stereocenters. The minimum absolute atomic E-state index is 0.0556. The van der Waals surface area contributed by atoms with Crippen LogP contribution in [0.4, 0.5) is 0 Å². The predicted octanol–water partition coefficient (Wildman–Crippen LogP) is 4.10. The van der Waals surface area contributed by atoms with Crippen molar-refractivity contribution >= 4 is 29.1 Å². The molecule has 0 aromatic heterocycles. The van der Waals surface area contributed by atoms with E-state index in [-0.39, 0.29) is 11.4 Å². The Morgan fingerprint density at radius 2 is 1.83 bits per heavy atom. The van der Waals surface area contributed by atoms with E-state index >= 15 is 0 Å². The van der Waals surface area contributed by atoms with Crippen LogP contribution in [0.2, 0.25) is 5.02 Å². The number of unbranched alkanes of at least 4 members (excludes halogenated alkanes) is 1. The lowest BCUT2D eigenvalue weighted by atomic mass is 9.94. The lowest BCUT2D eigenvalue weighted by Crippen LogP contribution is -2.40. The molecule has 0 aliphatic carbocycles. The first-order valence-corrected chi connectivity index (χ1v) is 7.00. The smallest absolute Gasteiger partial charge is 0.220 e. The summed E-state index contributed by atoms with van der Waals surface area (Å²) in [7, 11) is 0. The molecule has 0 aliphatic rings. The number of nitrogens with one attached hydrogen (secondary N) is 1. The highest BCUT2D eigenvalue weighted by Crippen LogP contribution is 2.22. The van der Waals surface area contributed by atoms with Gasteiger partial charge >= 0.3 is 0 Å². The first kappa shape index (κ1) is 15.3. The Bertz CT molecular complexity index is 387. The topological polar surface area (TPSA) is 29.1 Å². The molecule has 18 heavy (non-hydrogen) atoms. The summed E-state index contributed by atoms with van der Waals surface area (Å²) in [5.41, 5.74) is 0.653. The van der Waals surface area contributed by atoms with Crippen LogP contribution in [-0.2, 0) is 10.3 Å². The van der Waals surface area contributed by atoms with Gasteiger partial charge in [0.15, 0.2) is 0 Å². The molecule has 0 saturated carbocycles. The molecule has 0 saturated heterocycles. The average Bonchev–Trinajstić information content (AvgIpc) is 2.29. The lowest BCUT2D eigenvalue weighted by Gasteiger charge is -2.27. The van der Waals surface area contributed by atoms with Gasteiger partial charge in [-0.1, -0.05) is 23.7 Å². The van der Waals surface area contributed by atoms with Crippen LogP contribution in [0, 0.1) is 0 Å². The van der Waals surface area contributed by atoms with Gasteiger partial charge in [-0.2, -0.15) is 0 Å². The monoisotopic (exact) mass is 287 g/mol. The fraction of sp³-hybridized carbons (Fsp3) is 0.500. The molecule has 0 radical (unpaired) electrons. The summed E-state index contributed by atoms with van der Waals surface area (Å²) in [5.74, 6) is 0.661. The molecule has 2 nitrogen and oxygen atoms in total. The largest absolute Gasteiger partial charge is 0.347 e. The molecule has 0 spiro atoms. The van der Waals surface area contributed by atoms with E-state index in [1.54, 1.807) is 0 Å². The molecule has 1 aromatic rings. The number of hydrogen-bond acceptors (Lipinski definition) is 1. The SMILES string of the molecule is CC(C)(NC(=O)CCCCCl)c1ccc(Cl)cc1. The van der Waals surface area contributed by atoms with E-state index < -0.39 is 0 Å². The third-order valence-electron chi connectivity index (χ3n) is 2.81. The summed E-state index contributed by atoms with van der Waals surface area (Å²) in [4.78, 5) is 11.8. The van der Waals surface area contributed by atoms with Gasteiger partial charge in [-0.3, -0.25) is 4.79 Å². The number of alkyl halides is 1. The van der Waals surface area contributed by atoms with Crippen LogP contribution in [-0.4, -0.2) is 11.8 Å². The molecule has 4 heteroatoms. The fourth-order valence-corrected chi connectivity index (χ4v) is 2.04. The second-order valence-corrected chi connectivity index (χ2v) is 5.64. The van der Waals surface area contributed by atoms with Gasteiger partial charge in [-0.25, -0.2) is 0 Å². The van der Waals surface area contributed by atoms with Crippen LogP contribution in [0.3, 0.4) is 0 Å². The second kappa shape index (κ2) is 7.01. The number of benzene rings is 1. The molecule has 0 unspecified atom stereocenters. The maximum Gasteiger partial charge on any atom is 0.220 e. The molecule has 1 amide bonds. The first-order chi connectivity index (χ1) is 8.45. The highest BCUT2D eigenvalue weighted by atomic mass is 35.5. The van der Waals surface area contributed by atoms with Crippen molar-refractivity contribution in [3.63, 3.8) is 0 Å². The second-order valence-electron chi connectivity index (χ2n) is 4.83. The van der Waals surface area contributed by atoms with Crippen LogP contribution < -0.4 is 5.32 Å². The van der Waals surface area contributed by atoms with E-state index in [0.717, 1.165) is 18.4 Å². The summed E-state index contributed by atoms with van der Waals surface area (Å²) in [5, 5.41) is 3.72. The van der Waals surface area contributed by atoms with E-state index in [2.05, 4.69) is 5.32 Å². The van der Waals surface area contributed by atoms with Crippen molar-refractivity contribution in [1.29, 1.82) is 0 Å². The maximum absolute atomic E-state index is 11.8. The molecule has 1 aromatic carbocycles. The number of hydrogen-bond donors (Lipinski definition) is 1. The summed E-state index contributed by atoms with van der Waals surface area (Å²) in [6.45, 7) is 3.96. The van der Waals surface area contributed by atoms with Crippen molar-refractivity contribution in [2.75, 3.05) is 5.88 Å². The minimum Gasteiger partial charge on any atom is -0.347 e. The third kappa shape index (κ3) is 4.87. The van der Waals surface area contributed by atoms with Crippen molar-refractivity contribution in [2.45, 2.75) is 38.6 Å². The standard InChI is InChI=1S/C14H19Cl2NO/c1-14(2,11-6-8-12(16)9-7-11)17-13(18)5-3-4-10-15/h6-9H,3-5,10H2,1-2H3,(H,17,18). The van der Waals surface area contributed by atoms with Gasteiger partial charge in [0.05, 0.1) is 5.54 Å². The molecule has 0 aliphatic heterocycles. The van der Waals surface area contributed by atoms with Crippen molar-refractivity contribution in [2.24, 2.45) is 0 Å². The molecule has 0 fully saturated rings. The maximum atomic E-state index is 11.8. The zero-order valence-electron chi connectivity index (χ0n) is 10.8. The van der Waals surface area contributed by atoms with Crippen LogP contribution >= 0.6 is 23.2 Å². The Kier molecular flexibility index (Phi) is 5.97. The average molecular weight is 288 g/mol. The number of rotatable bonds is 6. The number of amides is 1. The number of carbonyl (C=O) groups excluding carboxylic acids is 1. The van der Waals surface area contributed by atoms with Crippen molar-refractivity contribution in [1.82, 2.24) is 5.32 Å². The molecule has 100 valence electrons. The predicted molar refractivity (Wildman–Crippen MR) is 77.2 cm³/mol. The van der Waals surface area contributed by atoms with Crippen LogP contribution in [0.15, 0.2) is 24.3 Å². The Morgan fingerprint density at radius 3 is 2.39 bits per heavy atom. The molecular formula is C14H19Cl2NO. The van der Waals surface area contributed by atoms with Crippen LogP contribution in [0.5, 0.6) is 0 Å². The van der Waals surface area contributed by atoms with Crippen molar-refractivity contribution in [3.8, 4) is 0 Å². The van der Waals surface area contributed by atoms with Crippen LogP contribution in [0.1, 0.15) is 38.7 Å². The van der Waals surface area contributed by atoms with Gasteiger partial charge in [-0.15, -0.1) is 11.6 Å². The van der Waals surface area contributed by atoms with Gasteiger partial charge in [-0.05, 0) is 44.4 Å². The van der Waals surface area contributed by atoms with Gasteiger partial charge < -0.3 is 5.32 Å². The van der Waals surface area contributed by atoms with E-state index in [0.29, 0.717) is 17.3 Å². The van der Waals surface area contributed by atoms with Gasteiger partial charge in [0.25, 0.3) is 0 Å². The first-order valence-electron chi connectivity index (χ1n) is 6.09. The highest BCUT2D eigenvalue weighted by molar-refractivity contribution is 6.30. The summed E-state index contributed by atoms with van der Waals surface area (Å²) < 4.78 is 0. The Balaban J connectivity index is 2.58. The summed E-state index contributed by atoms with van der Waals surface area (Å²) in [6.07, 6.45) is 2.21. The van der Waals surface area contributed by atoms with Gasteiger partial charge in [0.2, 0.25) is 5.91 Å². The minimum atomic E-state index is -0.386. The Labute approximate surface area is 119 Å². The van der Waals surface area contributed by atoms with Crippen molar-refractivity contribution < 1.29 is 4.79 Å². The molecular weight excluding hydrogens is 269 g/mol. The van der Waals surface area contributed by atoms with Gasteiger partial charge in [0.1, 0.15) is 0 Å². The quantitative estimate of drug-likeness (QED) is 0.619. The Hall–Kier alpha value is -0.730. The number of carbonyl (C=O) groups is 1. The van der Waals surface area contributed by atoms with E-state index in [1.807, 2.05) is 38.1 Å². The van der Waals surface area contributed by atoms with E-state index in [4.69, 9.17) is 23.2 Å². The van der Waals surface area contributed by atoms with E-state index in [1.165, 1.54) is 0 Å². The third-order valence-corrected chi connectivity index (χ3v) is 3.32. The number of halogens is 2. The zero-order chi connectivity index (χ0) is 13.6. The highest BCUT2D eigenvalue weighted by Gasteiger charge is 2.22. The molecule has 1 rings (SSSR count). The summed E-state index contributed by atoms with van der Waals surface area (Å²) in [6, 6.07) is 7.53. The van der Waals surface area contributed by atoms with Gasteiger partial charge in [0, 0.05) is 17.3 Å². The normalized spacial score (nSPS) is 11.3. The molecule has 0 bridgehead atoms. The van der Waals surface area contributed by atoms with Crippen LogP contribution in [0.25, 0.3) is 0 Å². The molecule has 0 heterocycles. The fourth-order valence-electron chi connectivity index (χ4n) is 1.73. The Morgan fingerprint density at radius 1 is 1.22 bits per heavy atom. The van der Waals surface area contributed by atoms with E-state index in [9.17, 15) is 4.79 Å². The van der Waals surface area contributed by atoms with Crippen molar-refractivity contribution in [3.05, 3.63) is 34.9 Å². The molecule has 1 N–H and O–H groups in total. The lowest BCUT2D eigenvalue weighted by molar-refractivity contribution is -0.122. The summed E-state index contributed by atoms with van der Waals surface area (Å²) >= 11 is 11.4. The zero-order valence-corrected chi connectivity index (χ0v) is 12.3.